The molecule has 1 fully saturated rings. The molecular weight excluding hydrogens is 176 g/mol. The summed E-state index contributed by atoms with van der Waals surface area (Å²) in [7, 11) is 0. The van der Waals surface area contributed by atoms with E-state index >= 15 is 0 Å². The molecule has 0 spiro atoms. The molecule has 1 heterocycles. The highest BCUT2D eigenvalue weighted by atomic mass is 16.2. The van der Waals surface area contributed by atoms with E-state index in [9.17, 15) is 4.79 Å². The first-order valence-corrected chi connectivity index (χ1v) is 5.02. The monoisotopic (exact) mass is 194 g/mol. The van der Waals surface area contributed by atoms with Crippen molar-refractivity contribution in [1.82, 2.24) is 4.90 Å². The van der Waals surface area contributed by atoms with Gasteiger partial charge in [0.1, 0.15) is 0 Å². The van der Waals surface area contributed by atoms with Crippen molar-refractivity contribution in [2.75, 3.05) is 6.54 Å². The maximum atomic E-state index is 11.6. The molecular formula is C11H18N2O. The van der Waals surface area contributed by atoms with E-state index in [1.54, 1.807) is 12.2 Å². The van der Waals surface area contributed by atoms with Crippen molar-refractivity contribution < 1.29 is 4.79 Å². The van der Waals surface area contributed by atoms with E-state index in [1.165, 1.54) is 0 Å². The van der Waals surface area contributed by atoms with Crippen LogP contribution in [0.5, 0.6) is 0 Å². The predicted octanol–water partition coefficient (Wildman–Crippen LogP) is 1.07. The van der Waals surface area contributed by atoms with Gasteiger partial charge in [-0.05, 0) is 20.3 Å². The average molecular weight is 194 g/mol. The van der Waals surface area contributed by atoms with Gasteiger partial charge in [-0.25, -0.2) is 0 Å². The van der Waals surface area contributed by atoms with Crippen molar-refractivity contribution in [3.63, 3.8) is 0 Å². The summed E-state index contributed by atoms with van der Waals surface area (Å²) in [5.74, 6) is 0.0588. The average Bonchev–Trinajstić information content (AvgIpc) is 2.48. The van der Waals surface area contributed by atoms with E-state index in [1.807, 2.05) is 30.9 Å². The zero-order chi connectivity index (χ0) is 10.6. The first-order valence-electron chi connectivity index (χ1n) is 5.02. The molecule has 1 aliphatic rings. The van der Waals surface area contributed by atoms with Gasteiger partial charge >= 0.3 is 0 Å². The Hall–Kier alpha value is -1.09. The summed E-state index contributed by atoms with van der Waals surface area (Å²) in [5.41, 5.74) is 5.83. The normalized spacial score (nSPS) is 28.1. The summed E-state index contributed by atoms with van der Waals surface area (Å²) in [6.07, 6.45) is 8.00. The van der Waals surface area contributed by atoms with Crippen molar-refractivity contribution in [1.29, 1.82) is 0 Å². The summed E-state index contributed by atoms with van der Waals surface area (Å²) in [6.45, 7) is 4.70. The van der Waals surface area contributed by atoms with Gasteiger partial charge in [-0.1, -0.05) is 18.2 Å². The largest absolute Gasteiger partial charge is 0.335 e. The van der Waals surface area contributed by atoms with Crippen molar-refractivity contribution in [3.05, 3.63) is 24.3 Å². The Kier molecular flexibility index (Phi) is 3.89. The number of allylic oxidation sites excluding steroid dienone is 3. The predicted molar refractivity (Wildman–Crippen MR) is 57.7 cm³/mol. The fourth-order valence-electron chi connectivity index (χ4n) is 1.62. The third-order valence-electron chi connectivity index (χ3n) is 2.64. The SMILES string of the molecule is C/C=C/C=C/C(=O)N1CCC(N)C1C. The molecule has 3 nitrogen and oxygen atoms in total. The smallest absolute Gasteiger partial charge is 0.246 e. The van der Waals surface area contributed by atoms with Gasteiger partial charge in [0.2, 0.25) is 5.91 Å². The van der Waals surface area contributed by atoms with E-state index in [4.69, 9.17) is 5.73 Å². The van der Waals surface area contributed by atoms with E-state index in [0.29, 0.717) is 0 Å². The third kappa shape index (κ3) is 2.45. The van der Waals surface area contributed by atoms with Crippen LogP contribution in [-0.2, 0) is 4.79 Å². The Morgan fingerprint density at radius 3 is 2.71 bits per heavy atom. The van der Waals surface area contributed by atoms with Crippen LogP contribution in [0.3, 0.4) is 0 Å². The van der Waals surface area contributed by atoms with E-state index < -0.39 is 0 Å². The molecule has 0 saturated carbocycles. The van der Waals surface area contributed by atoms with Crippen molar-refractivity contribution >= 4 is 5.91 Å². The van der Waals surface area contributed by atoms with Crippen LogP contribution in [0.4, 0.5) is 0 Å². The second kappa shape index (κ2) is 4.96. The molecule has 0 aromatic carbocycles. The lowest BCUT2D eigenvalue weighted by molar-refractivity contribution is -0.126. The molecule has 14 heavy (non-hydrogen) atoms. The number of carbonyl (C=O) groups excluding carboxylic acids is 1. The van der Waals surface area contributed by atoms with Gasteiger partial charge in [0.15, 0.2) is 0 Å². The lowest BCUT2D eigenvalue weighted by Gasteiger charge is -2.21. The van der Waals surface area contributed by atoms with Gasteiger partial charge in [-0.2, -0.15) is 0 Å². The number of nitrogens with zero attached hydrogens (tertiary/aromatic N) is 1. The molecule has 3 heteroatoms. The Morgan fingerprint density at radius 1 is 1.50 bits per heavy atom. The van der Waals surface area contributed by atoms with Crippen LogP contribution in [0, 0.1) is 0 Å². The molecule has 1 rings (SSSR count). The lowest BCUT2D eigenvalue weighted by atomic mass is 10.2. The van der Waals surface area contributed by atoms with Crippen LogP contribution >= 0.6 is 0 Å². The maximum absolute atomic E-state index is 11.6. The first-order chi connectivity index (χ1) is 6.66. The van der Waals surface area contributed by atoms with E-state index in [2.05, 4.69) is 0 Å². The first kappa shape index (κ1) is 11.0. The summed E-state index contributed by atoms with van der Waals surface area (Å²) in [6, 6.07) is 0.298. The number of nitrogens with two attached hydrogens (primary N) is 1. The second-order valence-corrected chi connectivity index (χ2v) is 3.61. The van der Waals surface area contributed by atoms with Gasteiger partial charge < -0.3 is 10.6 Å². The molecule has 2 N–H and O–H groups in total. The molecule has 0 radical (unpaired) electrons. The molecule has 78 valence electrons. The van der Waals surface area contributed by atoms with Gasteiger partial charge in [0.05, 0.1) is 0 Å². The minimum absolute atomic E-state index is 0.0588. The van der Waals surface area contributed by atoms with Crippen LogP contribution in [0.2, 0.25) is 0 Å². The number of likely N-dealkylation sites (tertiary alicyclic amines) is 1. The maximum Gasteiger partial charge on any atom is 0.246 e. The Morgan fingerprint density at radius 2 is 2.21 bits per heavy atom. The third-order valence-corrected chi connectivity index (χ3v) is 2.64. The van der Waals surface area contributed by atoms with Crippen LogP contribution in [0.1, 0.15) is 20.3 Å². The minimum Gasteiger partial charge on any atom is -0.335 e. The molecule has 1 aliphatic heterocycles. The Bertz CT molecular complexity index is 258. The highest BCUT2D eigenvalue weighted by Crippen LogP contribution is 2.15. The number of hydrogen-bond donors (Lipinski definition) is 1. The molecule has 0 aromatic heterocycles. The number of amides is 1. The Balaban J connectivity index is 2.53. The zero-order valence-corrected chi connectivity index (χ0v) is 8.81. The second-order valence-electron chi connectivity index (χ2n) is 3.61. The standard InChI is InChI=1S/C11H18N2O/c1-3-4-5-6-11(14)13-8-7-10(12)9(13)2/h3-6,9-10H,7-8,12H2,1-2H3/b4-3+,6-5+. The van der Waals surface area contributed by atoms with Crippen LogP contribution in [-0.4, -0.2) is 29.4 Å². The molecule has 0 bridgehead atoms. The van der Waals surface area contributed by atoms with Crippen molar-refractivity contribution in [2.45, 2.75) is 32.4 Å². The van der Waals surface area contributed by atoms with Crippen LogP contribution < -0.4 is 5.73 Å². The zero-order valence-electron chi connectivity index (χ0n) is 8.81. The number of carbonyl (C=O) groups is 1. The lowest BCUT2D eigenvalue weighted by Crippen LogP contribution is -2.39. The highest BCUT2D eigenvalue weighted by molar-refractivity contribution is 5.88. The molecule has 1 saturated heterocycles. The Labute approximate surface area is 85.3 Å². The summed E-state index contributed by atoms with van der Waals surface area (Å²) >= 11 is 0. The van der Waals surface area contributed by atoms with Gasteiger partial charge in [0.25, 0.3) is 0 Å². The fourth-order valence-corrected chi connectivity index (χ4v) is 1.62. The fraction of sp³-hybridized carbons (Fsp3) is 0.545. The van der Waals surface area contributed by atoms with Gasteiger partial charge in [-0.15, -0.1) is 0 Å². The molecule has 1 amide bonds. The molecule has 2 unspecified atom stereocenters. The summed E-state index contributed by atoms with van der Waals surface area (Å²) in [5, 5.41) is 0. The minimum atomic E-state index is 0.0588. The van der Waals surface area contributed by atoms with Crippen LogP contribution in [0.15, 0.2) is 24.3 Å². The van der Waals surface area contributed by atoms with Gasteiger partial charge in [0, 0.05) is 24.7 Å². The van der Waals surface area contributed by atoms with E-state index in [-0.39, 0.29) is 18.0 Å². The number of hydrogen-bond acceptors (Lipinski definition) is 2. The topological polar surface area (TPSA) is 46.3 Å². The molecule has 0 aromatic rings. The van der Waals surface area contributed by atoms with Crippen molar-refractivity contribution in [3.8, 4) is 0 Å². The quantitative estimate of drug-likeness (QED) is 0.528. The number of rotatable bonds is 2. The van der Waals surface area contributed by atoms with Crippen molar-refractivity contribution in [2.24, 2.45) is 5.73 Å². The molecule has 0 aliphatic carbocycles. The molecule has 2 atom stereocenters. The summed E-state index contributed by atoms with van der Waals surface area (Å²) in [4.78, 5) is 13.4. The highest BCUT2D eigenvalue weighted by Gasteiger charge is 2.29. The van der Waals surface area contributed by atoms with Crippen LogP contribution in [0.25, 0.3) is 0 Å². The van der Waals surface area contributed by atoms with E-state index in [0.717, 1.165) is 13.0 Å². The van der Waals surface area contributed by atoms with Gasteiger partial charge in [-0.3, -0.25) is 4.79 Å². The summed E-state index contributed by atoms with van der Waals surface area (Å²) < 4.78 is 0.